The number of anilines is 1. The van der Waals surface area contributed by atoms with Crippen LogP contribution in [0.1, 0.15) is 32.4 Å². The minimum atomic E-state index is -4.71. The number of carbonyl (C=O) groups is 1. The molecule has 3 rings (SSSR count). The maximum atomic E-state index is 13.8. The van der Waals surface area contributed by atoms with Crippen LogP contribution in [0.5, 0.6) is 0 Å². The molecule has 0 saturated carbocycles. The molecule has 166 valence electrons. The molecule has 1 amide bonds. The number of aromatic nitrogens is 2. The molecular weight excluding hydrogens is 433 g/mol. The fraction of sp³-hybridized carbons (Fsp3) is 0.300. The maximum absolute atomic E-state index is 13.8. The van der Waals surface area contributed by atoms with Crippen LogP contribution in [0.15, 0.2) is 48.5 Å². The van der Waals surface area contributed by atoms with E-state index in [1.54, 1.807) is 51.1 Å². The molecule has 0 aliphatic carbocycles. The molecule has 3 aromatic rings. The van der Waals surface area contributed by atoms with Gasteiger partial charge in [-0.3, -0.25) is 5.32 Å². The van der Waals surface area contributed by atoms with Crippen LogP contribution in [0.25, 0.3) is 16.6 Å². The van der Waals surface area contributed by atoms with Crippen molar-refractivity contribution in [3.8, 4) is 5.69 Å². The Hall–Kier alpha value is -2.76. The molecule has 31 heavy (non-hydrogen) atoms. The highest BCUT2D eigenvalue weighted by Gasteiger charge is 2.45. The second-order valence-corrected chi connectivity index (χ2v) is 9.77. The number of alkyl halides is 3. The van der Waals surface area contributed by atoms with E-state index in [1.807, 2.05) is 0 Å². The minimum Gasteiger partial charge on any atom is -0.598 e. The van der Waals surface area contributed by atoms with Crippen molar-refractivity contribution < 1.29 is 27.6 Å². The monoisotopic (exact) mass is 454 g/mol. The number of halogens is 3. The van der Waals surface area contributed by atoms with Gasteiger partial charge in [0, 0.05) is 16.7 Å². The average Bonchev–Trinajstić information content (AvgIpc) is 3.02. The first-order valence-electron chi connectivity index (χ1n) is 9.21. The molecule has 0 radical (unpaired) electrons. The van der Waals surface area contributed by atoms with Gasteiger partial charge in [-0.15, -0.1) is 4.72 Å². The van der Waals surface area contributed by atoms with Crippen molar-refractivity contribution in [2.24, 2.45) is 0 Å². The van der Waals surface area contributed by atoms with E-state index >= 15 is 0 Å². The van der Waals surface area contributed by atoms with Crippen LogP contribution in [-0.2, 0) is 11.4 Å². The van der Waals surface area contributed by atoms with Gasteiger partial charge in [-0.2, -0.15) is 18.3 Å². The van der Waals surface area contributed by atoms with Crippen LogP contribution < -0.4 is 10.0 Å². The molecule has 2 atom stereocenters. The summed E-state index contributed by atoms with van der Waals surface area (Å²) in [6.07, 6.45) is -6.04. The molecule has 1 heterocycles. The SMILES string of the molecule is CC(C)(C)[S@@+]([O-])NC(c1ccc2c(NC(=O)O)n(-c3ccccc3)nc2c1)C(F)(F)F. The zero-order chi connectivity index (χ0) is 23.0. The Labute approximate surface area is 179 Å². The van der Waals surface area contributed by atoms with E-state index < -0.39 is 34.4 Å². The van der Waals surface area contributed by atoms with Gasteiger partial charge in [0.25, 0.3) is 0 Å². The summed E-state index contributed by atoms with van der Waals surface area (Å²) in [4.78, 5) is 11.3. The van der Waals surface area contributed by atoms with Gasteiger partial charge in [0.2, 0.25) is 0 Å². The van der Waals surface area contributed by atoms with Gasteiger partial charge >= 0.3 is 12.3 Å². The van der Waals surface area contributed by atoms with E-state index in [0.29, 0.717) is 11.1 Å². The second kappa shape index (κ2) is 8.40. The van der Waals surface area contributed by atoms with E-state index in [0.717, 1.165) is 0 Å². The number of hydrogen-bond donors (Lipinski definition) is 3. The Morgan fingerprint density at radius 2 is 1.81 bits per heavy atom. The topological polar surface area (TPSA) is 102 Å². The van der Waals surface area contributed by atoms with E-state index in [9.17, 15) is 27.6 Å². The van der Waals surface area contributed by atoms with Crippen molar-refractivity contribution in [2.45, 2.75) is 37.7 Å². The third kappa shape index (κ3) is 5.12. The predicted molar refractivity (Wildman–Crippen MR) is 113 cm³/mol. The highest BCUT2D eigenvalue weighted by atomic mass is 32.2. The fourth-order valence-electron chi connectivity index (χ4n) is 2.87. The lowest BCUT2D eigenvalue weighted by Gasteiger charge is -2.29. The van der Waals surface area contributed by atoms with Gasteiger partial charge in [0.05, 0.1) is 11.2 Å². The summed E-state index contributed by atoms with van der Waals surface area (Å²) < 4.78 is 56.2. The van der Waals surface area contributed by atoms with Gasteiger partial charge in [-0.1, -0.05) is 24.3 Å². The normalized spacial score (nSPS) is 14.4. The smallest absolute Gasteiger partial charge is 0.412 e. The molecular formula is C20H21F3N4O3S. The summed E-state index contributed by atoms with van der Waals surface area (Å²) in [5, 5.41) is 16.1. The van der Waals surface area contributed by atoms with Crippen molar-refractivity contribution in [1.82, 2.24) is 14.5 Å². The van der Waals surface area contributed by atoms with Gasteiger partial charge in [-0.05, 0) is 50.6 Å². The second-order valence-electron chi connectivity index (χ2n) is 7.78. The standard InChI is InChI=1S/C20H21F3N4O3S/c1-19(2,3)31(30)26-16(20(21,22)23)12-9-10-14-15(11-12)25-27(17(14)24-18(28)29)13-7-5-4-6-8-13/h4-11,16,24,26H,1-3H3,(H,28,29)/t16?,31-/m1/s1. The number of nitrogens with zero attached hydrogens (tertiary/aromatic N) is 2. The largest absolute Gasteiger partial charge is 0.598 e. The molecule has 7 nitrogen and oxygen atoms in total. The van der Waals surface area contributed by atoms with Crippen LogP contribution in [0.3, 0.4) is 0 Å². The zero-order valence-corrected chi connectivity index (χ0v) is 17.7. The number of hydrogen-bond acceptors (Lipinski definition) is 4. The molecule has 0 fully saturated rings. The summed E-state index contributed by atoms with van der Waals surface area (Å²) >= 11 is -1.97. The van der Waals surface area contributed by atoms with E-state index in [-0.39, 0.29) is 16.9 Å². The highest BCUT2D eigenvalue weighted by Crippen LogP contribution is 2.37. The molecule has 0 saturated heterocycles. The van der Waals surface area contributed by atoms with Gasteiger partial charge in [0.15, 0.2) is 6.04 Å². The minimum absolute atomic E-state index is 0.107. The number of rotatable bonds is 5. The average molecular weight is 454 g/mol. The lowest BCUT2D eigenvalue weighted by Crippen LogP contribution is -2.45. The number of fused-ring (bicyclic) bond motifs is 1. The lowest BCUT2D eigenvalue weighted by atomic mass is 10.1. The third-order valence-corrected chi connectivity index (χ3v) is 5.93. The van der Waals surface area contributed by atoms with Crippen LogP contribution in [0.2, 0.25) is 0 Å². The first-order chi connectivity index (χ1) is 14.4. The van der Waals surface area contributed by atoms with Crippen molar-refractivity contribution in [2.75, 3.05) is 5.32 Å². The number of benzene rings is 2. The third-order valence-electron chi connectivity index (χ3n) is 4.36. The van der Waals surface area contributed by atoms with E-state index in [4.69, 9.17) is 0 Å². The van der Waals surface area contributed by atoms with Crippen molar-refractivity contribution >= 4 is 34.2 Å². The van der Waals surface area contributed by atoms with Crippen LogP contribution in [0, 0.1) is 0 Å². The summed E-state index contributed by atoms with van der Waals surface area (Å²) in [6, 6.07) is 10.2. The summed E-state index contributed by atoms with van der Waals surface area (Å²) in [5.74, 6) is 0.107. The molecule has 0 aliphatic heterocycles. The van der Waals surface area contributed by atoms with Crippen molar-refractivity contribution in [3.05, 3.63) is 54.1 Å². The number of nitrogens with one attached hydrogen (secondary N) is 2. The van der Waals surface area contributed by atoms with E-state index in [2.05, 4.69) is 15.1 Å². The fourth-order valence-corrected chi connectivity index (χ4v) is 3.71. The lowest BCUT2D eigenvalue weighted by molar-refractivity contribution is -0.153. The predicted octanol–water partition coefficient (Wildman–Crippen LogP) is 4.77. The molecule has 1 aromatic heterocycles. The summed E-state index contributed by atoms with van der Waals surface area (Å²) in [5.41, 5.74) is 0.503. The molecule has 1 unspecified atom stereocenters. The van der Waals surface area contributed by atoms with Crippen molar-refractivity contribution in [3.63, 3.8) is 0 Å². The Morgan fingerprint density at radius 1 is 1.16 bits per heavy atom. The number of amides is 1. The Morgan fingerprint density at radius 3 is 2.35 bits per heavy atom. The first kappa shape index (κ1) is 22.9. The Kier molecular flexibility index (Phi) is 6.21. The van der Waals surface area contributed by atoms with Gasteiger partial charge in [-0.25, -0.2) is 9.48 Å². The molecule has 0 aliphatic rings. The number of carboxylic acid groups (broad SMARTS) is 1. The first-order valence-corrected chi connectivity index (χ1v) is 10.4. The molecule has 11 heteroatoms. The summed E-state index contributed by atoms with van der Waals surface area (Å²) in [7, 11) is 0. The number of para-hydroxylation sites is 1. The quantitative estimate of drug-likeness (QED) is 0.482. The molecule has 0 bridgehead atoms. The summed E-state index contributed by atoms with van der Waals surface area (Å²) in [6.45, 7) is 4.70. The Balaban J connectivity index is 2.11. The van der Waals surface area contributed by atoms with Crippen molar-refractivity contribution in [1.29, 1.82) is 0 Å². The zero-order valence-electron chi connectivity index (χ0n) is 16.9. The highest BCUT2D eigenvalue weighted by molar-refractivity contribution is 7.90. The Bertz CT molecular complexity index is 1080. The van der Waals surface area contributed by atoms with Crippen LogP contribution >= 0.6 is 0 Å². The molecule has 2 aromatic carbocycles. The van der Waals surface area contributed by atoms with Gasteiger partial charge in [0.1, 0.15) is 10.6 Å². The van der Waals surface area contributed by atoms with Crippen LogP contribution in [0.4, 0.5) is 23.8 Å². The molecule has 0 spiro atoms. The van der Waals surface area contributed by atoms with Gasteiger partial charge < -0.3 is 9.66 Å². The van der Waals surface area contributed by atoms with E-state index in [1.165, 1.54) is 22.9 Å². The van der Waals surface area contributed by atoms with Crippen LogP contribution in [-0.4, -0.2) is 36.5 Å². The maximum Gasteiger partial charge on any atom is 0.412 e. The molecule has 3 N–H and O–H groups in total.